The molecule has 8 heteroatoms. The van der Waals surface area contributed by atoms with E-state index in [2.05, 4.69) is 4.98 Å². The van der Waals surface area contributed by atoms with Gasteiger partial charge in [0.15, 0.2) is 0 Å². The molecule has 1 aromatic heterocycles. The van der Waals surface area contributed by atoms with Gasteiger partial charge in [-0.1, -0.05) is 24.3 Å². The minimum absolute atomic E-state index is 0.0505. The third-order valence-electron chi connectivity index (χ3n) is 6.67. The van der Waals surface area contributed by atoms with E-state index in [0.29, 0.717) is 29.0 Å². The van der Waals surface area contributed by atoms with Crippen molar-refractivity contribution in [2.24, 2.45) is 0 Å². The Bertz CT molecular complexity index is 1520. The van der Waals surface area contributed by atoms with E-state index in [-0.39, 0.29) is 17.9 Å². The first-order valence-corrected chi connectivity index (χ1v) is 11.7. The quantitative estimate of drug-likeness (QED) is 0.212. The lowest BCUT2D eigenvalue weighted by Gasteiger charge is -2.25. The van der Waals surface area contributed by atoms with Crippen LogP contribution in [0.5, 0.6) is 11.5 Å². The third-order valence-corrected chi connectivity index (χ3v) is 6.67. The predicted octanol–water partition coefficient (Wildman–Crippen LogP) is 4.99. The monoisotopic (exact) mass is 500 g/mol. The molecule has 5 rings (SSSR count). The van der Waals surface area contributed by atoms with Gasteiger partial charge in [0, 0.05) is 29.2 Å². The van der Waals surface area contributed by atoms with Crippen molar-refractivity contribution in [3.63, 3.8) is 0 Å². The molecule has 0 saturated carbocycles. The first-order chi connectivity index (χ1) is 17.9. The molecule has 3 aromatic carbocycles. The second kappa shape index (κ2) is 9.81. The van der Waals surface area contributed by atoms with E-state index < -0.39 is 23.5 Å². The number of hydrogen-bond donors (Lipinski definition) is 2. The number of aliphatic hydroxyl groups excluding tert-OH is 1. The topological polar surface area (TPSA) is 91.9 Å². The molecule has 2 heterocycles. The predicted molar refractivity (Wildman–Crippen MR) is 137 cm³/mol. The number of amides is 1. The molecule has 1 fully saturated rings. The summed E-state index contributed by atoms with van der Waals surface area (Å²) in [5, 5.41) is 12.2. The average molecular weight is 501 g/mol. The van der Waals surface area contributed by atoms with Crippen LogP contribution in [0, 0.1) is 5.82 Å². The van der Waals surface area contributed by atoms with Gasteiger partial charge >= 0.3 is 0 Å². The van der Waals surface area contributed by atoms with Crippen LogP contribution in [0.3, 0.4) is 0 Å². The number of likely N-dealkylation sites (tertiary alicyclic amines) is 1. The molecular formula is C29H25FN2O5. The van der Waals surface area contributed by atoms with E-state index in [0.717, 1.165) is 16.5 Å². The number of nitrogens with zero attached hydrogens (tertiary/aromatic N) is 1. The van der Waals surface area contributed by atoms with Crippen LogP contribution in [0.1, 0.15) is 22.7 Å². The lowest BCUT2D eigenvalue weighted by Crippen LogP contribution is -2.31. The number of halogens is 1. The lowest BCUT2D eigenvalue weighted by atomic mass is 9.95. The first kappa shape index (κ1) is 24.1. The van der Waals surface area contributed by atoms with E-state index >= 15 is 0 Å². The van der Waals surface area contributed by atoms with Crippen molar-refractivity contribution in [3.05, 3.63) is 101 Å². The molecule has 1 amide bonds. The van der Waals surface area contributed by atoms with Crippen molar-refractivity contribution in [3.8, 4) is 11.5 Å². The zero-order valence-electron chi connectivity index (χ0n) is 20.3. The summed E-state index contributed by atoms with van der Waals surface area (Å²) in [6.45, 7) is 0.200. The Morgan fingerprint density at radius 3 is 2.46 bits per heavy atom. The Morgan fingerprint density at radius 2 is 1.73 bits per heavy atom. The highest BCUT2D eigenvalue weighted by atomic mass is 19.1. The number of benzene rings is 3. The third kappa shape index (κ3) is 4.42. The molecule has 1 atom stereocenters. The largest absolute Gasteiger partial charge is 0.507 e. The SMILES string of the molecule is COc1cccc(C(O)=C2C(=O)C(=O)N(CCc3c[nH]c4ccc(OC)cc34)[C@@H]2c2ccc(F)cc2)c1. The number of fused-ring (bicyclic) bond motifs is 1. The van der Waals surface area contributed by atoms with Crippen molar-refractivity contribution in [2.75, 3.05) is 20.8 Å². The number of ketones is 1. The van der Waals surface area contributed by atoms with Crippen LogP contribution in [0.2, 0.25) is 0 Å². The van der Waals surface area contributed by atoms with Crippen LogP contribution in [-0.4, -0.2) is 47.4 Å². The molecule has 1 aliphatic rings. The first-order valence-electron chi connectivity index (χ1n) is 11.7. The molecule has 0 radical (unpaired) electrons. The van der Waals surface area contributed by atoms with E-state index in [1.165, 1.54) is 36.3 Å². The van der Waals surface area contributed by atoms with Gasteiger partial charge < -0.3 is 24.5 Å². The van der Waals surface area contributed by atoms with Gasteiger partial charge in [0.2, 0.25) is 0 Å². The second-order valence-corrected chi connectivity index (χ2v) is 8.75. The van der Waals surface area contributed by atoms with Crippen LogP contribution in [0.25, 0.3) is 16.7 Å². The minimum Gasteiger partial charge on any atom is -0.507 e. The smallest absolute Gasteiger partial charge is 0.295 e. The molecule has 7 nitrogen and oxygen atoms in total. The number of aromatic nitrogens is 1. The second-order valence-electron chi connectivity index (χ2n) is 8.75. The summed E-state index contributed by atoms with van der Waals surface area (Å²) in [6, 6.07) is 17.0. The molecule has 0 unspecified atom stereocenters. The summed E-state index contributed by atoms with van der Waals surface area (Å²) in [5.41, 5.74) is 2.68. The molecule has 1 aliphatic heterocycles. The number of aliphatic hydroxyl groups is 1. The summed E-state index contributed by atoms with van der Waals surface area (Å²) in [7, 11) is 3.09. The number of H-pyrrole nitrogens is 1. The summed E-state index contributed by atoms with van der Waals surface area (Å²) >= 11 is 0. The lowest BCUT2D eigenvalue weighted by molar-refractivity contribution is -0.139. The van der Waals surface area contributed by atoms with Crippen molar-refractivity contribution in [1.29, 1.82) is 0 Å². The van der Waals surface area contributed by atoms with Gasteiger partial charge in [-0.3, -0.25) is 9.59 Å². The Labute approximate surface area is 212 Å². The van der Waals surface area contributed by atoms with E-state index in [1.54, 1.807) is 31.4 Å². The fourth-order valence-electron chi connectivity index (χ4n) is 4.76. The zero-order valence-corrected chi connectivity index (χ0v) is 20.3. The number of carbonyl (C=O) groups excluding carboxylic acids is 2. The van der Waals surface area contributed by atoms with Gasteiger partial charge in [-0.25, -0.2) is 4.39 Å². The summed E-state index contributed by atoms with van der Waals surface area (Å²) in [4.78, 5) is 31.2. The molecule has 0 bridgehead atoms. The van der Waals surface area contributed by atoms with E-state index in [9.17, 15) is 19.1 Å². The fourth-order valence-corrected chi connectivity index (χ4v) is 4.76. The number of rotatable bonds is 7. The highest BCUT2D eigenvalue weighted by molar-refractivity contribution is 6.46. The zero-order chi connectivity index (χ0) is 26.1. The summed E-state index contributed by atoms with van der Waals surface area (Å²) < 4.78 is 24.3. The average Bonchev–Trinajstić information content (AvgIpc) is 3.44. The number of carbonyl (C=O) groups is 2. The minimum atomic E-state index is -0.883. The number of Topliss-reactive ketones (excluding diaryl/α,β-unsaturated/α-hetero) is 1. The van der Waals surface area contributed by atoms with Gasteiger partial charge in [-0.05, 0) is 60.0 Å². The molecule has 1 saturated heterocycles. The van der Waals surface area contributed by atoms with E-state index in [4.69, 9.17) is 9.47 Å². The summed E-state index contributed by atoms with van der Waals surface area (Å²) in [5.74, 6) is -1.08. The van der Waals surface area contributed by atoms with Crippen molar-refractivity contribution >= 4 is 28.4 Å². The van der Waals surface area contributed by atoms with Gasteiger partial charge in [0.25, 0.3) is 11.7 Å². The maximum Gasteiger partial charge on any atom is 0.295 e. The molecule has 4 aromatic rings. The molecule has 188 valence electrons. The standard InChI is InChI=1S/C29H25FN2O5/c1-36-21-5-3-4-18(14-21)27(33)25-26(17-6-8-20(30)9-7-17)32(29(35)28(25)34)13-12-19-16-31-24-11-10-22(37-2)15-23(19)24/h3-11,14-16,26,31,33H,12-13H2,1-2H3/t26-/m1/s1. The number of methoxy groups -OCH3 is 2. The maximum absolute atomic E-state index is 13.7. The number of hydrogen-bond acceptors (Lipinski definition) is 5. The van der Waals surface area contributed by atoms with Gasteiger partial charge in [-0.2, -0.15) is 0 Å². The van der Waals surface area contributed by atoms with Crippen LogP contribution in [-0.2, 0) is 16.0 Å². The Morgan fingerprint density at radius 1 is 1.00 bits per heavy atom. The van der Waals surface area contributed by atoms with Crippen LogP contribution >= 0.6 is 0 Å². The van der Waals surface area contributed by atoms with Crippen molar-refractivity contribution in [2.45, 2.75) is 12.5 Å². The summed E-state index contributed by atoms with van der Waals surface area (Å²) in [6.07, 6.45) is 2.31. The Hall–Kier alpha value is -4.59. The normalized spacial score (nSPS) is 16.9. The molecule has 37 heavy (non-hydrogen) atoms. The van der Waals surface area contributed by atoms with Crippen LogP contribution < -0.4 is 9.47 Å². The van der Waals surface area contributed by atoms with Gasteiger partial charge in [-0.15, -0.1) is 0 Å². The maximum atomic E-state index is 13.7. The molecule has 2 N–H and O–H groups in total. The number of ether oxygens (including phenoxy) is 2. The highest BCUT2D eigenvalue weighted by Crippen LogP contribution is 2.40. The van der Waals surface area contributed by atoms with E-state index in [1.807, 2.05) is 24.4 Å². The Kier molecular flexibility index (Phi) is 6.40. The van der Waals surface area contributed by atoms with Gasteiger partial charge in [0.1, 0.15) is 23.1 Å². The van der Waals surface area contributed by atoms with Crippen molar-refractivity contribution in [1.82, 2.24) is 9.88 Å². The van der Waals surface area contributed by atoms with Crippen LogP contribution in [0.15, 0.2) is 78.5 Å². The molecule has 0 aliphatic carbocycles. The Balaban J connectivity index is 1.56. The fraction of sp³-hybridized carbons (Fsp3) is 0.172. The van der Waals surface area contributed by atoms with Crippen molar-refractivity contribution < 1.29 is 28.6 Å². The number of aromatic amines is 1. The molecule has 0 spiro atoms. The molecular weight excluding hydrogens is 475 g/mol. The number of nitrogens with one attached hydrogen (secondary N) is 1. The van der Waals surface area contributed by atoms with Crippen LogP contribution in [0.4, 0.5) is 4.39 Å². The highest BCUT2D eigenvalue weighted by Gasteiger charge is 2.45. The van der Waals surface area contributed by atoms with Gasteiger partial charge in [0.05, 0.1) is 25.8 Å².